The molecule has 3 nitrogen and oxygen atoms in total. The predicted molar refractivity (Wildman–Crippen MR) is 89.9 cm³/mol. The first-order valence-corrected chi connectivity index (χ1v) is 8.39. The fourth-order valence-electron chi connectivity index (χ4n) is 2.18. The molecular formula is C17H25N3S. The van der Waals surface area contributed by atoms with Crippen LogP contribution >= 0.6 is 11.3 Å². The molecule has 1 unspecified atom stereocenters. The van der Waals surface area contributed by atoms with Crippen molar-refractivity contribution in [3.63, 3.8) is 0 Å². The van der Waals surface area contributed by atoms with Gasteiger partial charge in [0, 0.05) is 35.1 Å². The molecule has 2 rings (SSSR count). The van der Waals surface area contributed by atoms with Crippen molar-refractivity contribution in [2.24, 2.45) is 0 Å². The topological polar surface area (TPSA) is 37.8 Å². The van der Waals surface area contributed by atoms with Gasteiger partial charge < -0.3 is 5.32 Å². The van der Waals surface area contributed by atoms with Gasteiger partial charge in [0.1, 0.15) is 0 Å². The summed E-state index contributed by atoms with van der Waals surface area (Å²) in [7, 11) is 2.03. The molecule has 0 aliphatic rings. The summed E-state index contributed by atoms with van der Waals surface area (Å²) < 4.78 is 0. The highest BCUT2D eigenvalue weighted by Crippen LogP contribution is 2.24. The lowest BCUT2D eigenvalue weighted by Crippen LogP contribution is -2.28. The van der Waals surface area contributed by atoms with E-state index in [1.54, 1.807) is 11.3 Å². The third-order valence-corrected chi connectivity index (χ3v) is 4.50. The molecule has 0 saturated carbocycles. The second kappa shape index (κ2) is 7.14. The van der Waals surface area contributed by atoms with Crippen LogP contribution in [0, 0.1) is 0 Å². The van der Waals surface area contributed by atoms with Gasteiger partial charge in [0.15, 0.2) is 0 Å². The summed E-state index contributed by atoms with van der Waals surface area (Å²) in [5.74, 6) is 0. The van der Waals surface area contributed by atoms with E-state index in [0.717, 1.165) is 25.0 Å². The number of thiazole rings is 1. The van der Waals surface area contributed by atoms with E-state index < -0.39 is 0 Å². The maximum absolute atomic E-state index is 4.79. The zero-order valence-corrected chi connectivity index (χ0v) is 14.2. The Hall–Kier alpha value is -1.26. The van der Waals surface area contributed by atoms with Crippen molar-refractivity contribution >= 4 is 11.3 Å². The number of nitrogens with one attached hydrogen (secondary N) is 1. The van der Waals surface area contributed by atoms with Gasteiger partial charge in [0.25, 0.3) is 0 Å². The molecule has 0 aliphatic carbocycles. The second-order valence-corrected chi connectivity index (χ2v) is 7.37. The van der Waals surface area contributed by atoms with Gasteiger partial charge >= 0.3 is 0 Å². The van der Waals surface area contributed by atoms with Crippen LogP contribution in [0.4, 0.5) is 0 Å². The Balaban J connectivity index is 1.91. The van der Waals surface area contributed by atoms with Crippen LogP contribution in [0.2, 0.25) is 0 Å². The summed E-state index contributed by atoms with van der Waals surface area (Å²) in [6.07, 6.45) is 4.94. The molecule has 21 heavy (non-hydrogen) atoms. The van der Waals surface area contributed by atoms with E-state index in [9.17, 15) is 0 Å². The lowest BCUT2D eigenvalue weighted by molar-refractivity contribution is 0.512. The van der Waals surface area contributed by atoms with Gasteiger partial charge in [-0.15, -0.1) is 11.3 Å². The Morgan fingerprint density at radius 3 is 2.67 bits per heavy atom. The molecule has 1 atom stereocenters. The number of aromatic nitrogens is 2. The number of hydrogen-bond donors (Lipinski definition) is 1. The fraction of sp³-hybridized carbons (Fsp3) is 0.529. The number of pyridine rings is 1. The molecule has 0 saturated heterocycles. The second-order valence-electron chi connectivity index (χ2n) is 6.43. The molecule has 4 heteroatoms. The van der Waals surface area contributed by atoms with Crippen LogP contribution in [-0.4, -0.2) is 23.1 Å². The SMILES string of the molecule is CNC(CCc1ccccn1)Cc1nc(C(C)(C)C)cs1. The molecule has 2 aromatic rings. The number of rotatable bonds is 6. The molecule has 0 aromatic carbocycles. The first kappa shape index (κ1) is 16.1. The summed E-state index contributed by atoms with van der Waals surface area (Å²) in [6, 6.07) is 6.55. The molecule has 0 amide bonds. The highest BCUT2D eigenvalue weighted by molar-refractivity contribution is 7.09. The minimum absolute atomic E-state index is 0.137. The van der Waals surface area contributed by atoms with E-state index in [0.29, 0.717) is 6.04 Å². The minimum atomic E-state index is 0.137. The van der Waals surface area contributed by atoms with Crippen molar-refractivity contribution in [2.75, 3.05) is 7.05 Å². The Kier molecular flexibility index (Phi) is 5.48. The molecule has 0 spiro atoms. The molecule has 1 N–H and O–H groups in total. The van der Waals surface area contributed by atoms with Crippen LogP contribution in [-0.2, 0) is 18.3 Å². The first-order valence-electron chi connectivity index (χ1n) is 7.51. The fourth-order valence-corrected chi connectivity index (χ4v) is 3.28. The molecule has 0 fully saturated rings. The smallest absolute Gasteiger partial charge is 0.0944 e. The highest BCUT2D eigenvalue weighted by atomic mass is 32.1. The Bertz CT molecular complexity index is 543. The van der Waals surface area contributed by atoms with Gasteiger partial charge in [-0.25, -0.2) is 4.98 Å². The van der Waals surface area contributed by atoms with E-state index in [4.69, 9.17) is 4.98 Å². The zero-order chi connectivity index (χ0) is 15.3. The van der Waals surface area contributed by atoms with Crippen molar-refractivity contribution in [1.29, 1.82) is 0 Å². The van der Waals surface area contributed by atoms with E-state index in [1.807, 2.05) is 25.4 Å². The Morgan fingerprint density at radius 1 is 1.29 bits per heavy atom. The van der Waals surface area contributed by atoms with Gasteiger partial charge in [0.2, 0.25) is 0 Å². The predicted octanol–water partition coefficient (Wildman–Crippen LogP) is 3.60. The summed E-state index contributed by atoms with van der Waals surface area (Å²) in [5.41, 5.74) is 2.49. The van der Waals surface area contributed by atoms with Crippen LogP contribution in [0.5, 0.6) is 0 Å². The van der Waals surface area contributed by atoms with Gasteiger partial charge in [0.05, 0.1) is 10.7 Å². The van der Waals surface area contributed by atoms with Crippen LogP contribution in [0.1, 0.15) is 43.6 Å². The van der Waals surface area contributed by atoms with Crippen LogP contribution in [0.15, 0.2) is 29.8 Å². The molecular weight excluding hydrogens is 278 g/mol. The number of likely N-dealkylation sites (N-methyl/N-ethyl adjacent to an activating group) is 1. The van der Waals surface area contributed by atoms with E-state index in [-0.39, 0.29) is 5.41 Å². The first-order chi connectivity index (χ1) is 9.99. The lowest BCUT2D eigenvalue weighted by atomic mass is 9.93. The standard InChI is InChI=1S/C17H25N3S/c1-17(2,3)15-12-21-16(20-15)11-14(18-4)9-8-13-7-5-6-10-19-13/h5-7,10,12,14,18H,8-9,11H2,1-4H3. The quantitative estimate of drug-likeness (QED) is 0.886. The van der Waals surface area contributed by atoms with Gasteiger partial charge in [-0.3, -0.25) is 4.98 Å². The molecule has 0 radical (unpaired) electrons. The molecule has 0 aliphatic heterocycles. The summed E-state index contributed by atoms with van der Waals surface area (Å²) in [4.78, 5) is 9.17. The van der Waals surface area contributed by atoms with Crippen molar-refractivity contribution < 1.29 is 0 Å². The van der Waals surface area contributed by atoms with Gasteiger partial charge in [-0.2, -0.15) is 0 Å². The maximum Gasteiger partial charge on any atom is 0.0944 e. The van der Waals surface area contributed by atoms with E-state index >= 15 is 0 Å². The van der Waals surface area contributed by atoms with E-state index in [2.05, 4.69) is 42.5 Å². The molecule has 0 bridgehead atoms. The summed E-state index contributed by atoms with van der Waals surface area (Å²) in [5, 5.41) is 6.83. The normalized spacial score (nSPS) is 13.3. The monoisotopic (exact) mass is 303 g/mol. The third-order valence-electron chi connectivity index (χ3n) is 3.62. The minimum Gasteiger partial charge on any atom is -0.317 e. The van der Waals surface area contributed by atoms with Crippen molar-refractivity contribution in [2.45, 2.75) is 51.5 Å². The third kappa shape index (κ3) is 4.90. The average Bonchev–Trinajstić information content (AvgIpc) is 2.93. The Labute approximate surface area is 131 Å². The number of nitrogens with zero attached hydrogens (tertiary/aromatic N) is 2. The van der Waals surface area contributed by atoms with Crippen molar-refractivity contribution in [1.82, 2.24) is 15.3 Å². The van der Waals surface area contributed by atoms with Crippen LogP contribution in [0.3, 0.4) is 0 Å². The van der Waals surface area contributed by atoms with Crippen LogP contribution in [0.25, 0.3) is 0 Å². The Morgan fingerprint density at radius 2 is 2.10 bits per heavy atom. The zero-order valence-electron chi connectivity index (χ0n) is 13.4. The van der Waals surface area contributed by atoms with Crippen molar-refractivity contribution in [3.8, 4) is 0 Å². The number of hydrogen-bond acceptors (Lipinski definition) is 4. The lowest BCUT2D eigenvalue weighted by Gasteiger charge is -2.16. The highest BCUT2D eigenvalue weighted by Gasteiger charge is 2.18. The van der Waals surface area contributed by atoms with Gasteiger partial charge in [-0.1, -0.05) is 26.8 Å². The van der Waals surface area contributed by atoms with Crippen molar-refractivity contribution in [3.05, 3.63) is 46.2 Å². The largest absolute Gasteiger partial charge is 0.317 e. The number of aryl methyl sites for hydroxylation is 1. The summed E-state index contributed by atoms with van der Waals surface area (Å²) in [6.45, 7) is 6.63. The van der Waals surface area contributed by atoms with Gasteiger partial charge in [-0.05, 0) is 32.0 Å². The average molecular weight is 303 g/mol. The molecule has 2 heterocycles. The summed E-state index contributed by atoms with van der Waals surface area (Å²) >= 11 is 1.78. The molecule has 114 valence electrons. The maximum atomic E-state index is 4.79. The molecule has 2 aromatic heterocycles. The van der Waals surface area contributed by atoms with E-state index in [1.165, 1.54) is 10.7 Å². The van der Waals surface area contributed by atoms with Crippen LogP contribution < -0.4 is 5.32 Å².